The van der Waals surface area contributed by atoms with Crippen LogP contribution in [0.25, 0.3) is 0 Å². The third-order valence-corrected chi connectivity index (χ3v) is 1.46. The highest BCUT2D eigenvalue weighted by molar-refractivity contribution is 5.69. The topological polar surface area (TPSA) is 48.7 Å². The van der Waals surface area contributed by atoms with Crippen LogP contribution in [0.4, 0.5) is 0 Å². The molecule has 0 radical (unpaired) electrons. The zero-order valence-corrected chi connectivity index (χ0v) is 9.43. The molecule has 0 atom stereocenters. The van der Waals surface area contributed by atoms with E-state index in [2.05, 4.69) is 4.42 Å². The summed E-state index contributed by atoms with van der Waals surface area (Å²) in [7, 11) is 0. The molecular formula is C11H18O4. The Morgan fingerprint density at radius 3 is 2.27 bits per heavy atom. The fourth-order valence-electron chi connectivity index (χ4n) is 0.876. The summed E-state index contributed by atoms with van der Waals surface area (Å²) in [6.07, 6.45) is 2.09. The van der Waals surface area contributed by atoms with Crippen LogP contribution in [-0.4, -0.2) is 25.8 Å². The fraction of sp³-hybridized carbons (Fsp3) is 0.545. The molecule has 0 amide bonds. The van der Waals surface area contributed by atoms with Crippen molar-refractivity contribution in [3.8, 4) is 0 Å². The van der Waals surface area contributed by atoms with Crippen LogP contribution in [-0.2, 0) is 9.47 Å². The Labute approximate surface area is 90.2 Å². The Kier molecular flexibility index (Phi) is 8.72. The van der Waals surface area contributed by atoms with E-state index in [9.17, 15) is 4.79 Å². The van der Waals surface area contributed by atoms with Gasteiger partial charge in [0.05, 0.1) is 6.26 Å². The van der Waals surface area contributed by atoms with Gasteiger partial charge in [0.25, 0.3) is 0 Å². The molecule has 4 heteroatoms. The van der Waals surface area contributed by atoms with E-state index in [1.807, 2.05) is 20.8 Å². The normalized spacial score (nSPS) is 9.60. The molecule has 0 saturated heterocycles. The van der Waals surface area contributed by atoms with Crippen molar-refractivity contribution in [2.24, 2.45) is 0 Å². The van der Waals surface area contributed by atoms with Crippen LogP contribution in [0.2, 0.25) is 0 Å². The van der Waals surface area contributed by atoms with Crippen LogP contribution < -0.4 is 0 Å². The van der Waals surface area contributed by atoms with Gasteiger partial charge in [0, 0.05) is 13.2 Å². The lowest BCUT2D eigenvalue weighted by molar-refractivity contribution is -0.123. The first-order chi connectivity index (χ1) is 7.24. The van der Waals surface area contributed by atoms with Crippen LogP contribution >= 0.6 is 0 Å². The van der Waals surface area contributed by atoms with Crippen molar-refractivity contribution in [3.05, 3.63) is 24.2 Å². The molecular weight excluding hydrogens is 196 g/mol. The van der Waals surface area contributed by atoms with Gasteiger partial charge in [-0.3, -0.25) is 4.79 Å². The number of carbonyl (C=O) groups is 1. The lowest BCUT2D eigenvalue weighted by Crippen LogP contribution is -2.11. The predicted octanol–water partition coefficient (Wildman–Crippen LogP) is 2.50. The van der Waals surface area contributed by atoms with Crippen LogP contribution in [0.15, 0.2) is 22.8 Å². The summed E-state index contributed by atoms with van der Waals surface area (Å²) in [6, 6.07) is 3.27. The van der Waals surface area contributed by atoms with Crippen molar-refractivity contribution in [2.75, 3.05) is 13.2 Å². The van der Waals surface area contributed by atoms with Gasteiger partial charge in [-0.25, -0.2) is 0 Å². The number of carbonyl (C=O) groups excluding carboxylic acids is 1. The van der Waals surface area contributed by atoms with Crippen molar-refractivity contribution >= 4 is 6.29 Å². The number of hydrogen-bond acceptors (Lipinski definition) is 4. The molecule has 0 saturated carbocycles. The standard InChI is InChI=1S/C6H14O2.C5H4O2/c1-4-7-6(3)8-5-2;6-4-5-2-1-3-7-5/h6H,4-5H2,1-3H3;1-4H. The van der Waals surface area contributed by atoms with Crippen molar-refractivity contribution in [1.29, 1.82) is 0 Å². The first-order valence-corrected chi connectivity index (χ1v) is 4.96. The van der Waals surface area contributed by atoms with Gasteiger partial charge >= 0.3 is 0 Å². The van der Waals surface area contributed by atoms with Gasteiger partial charge in [-0.2, -0.15) is 0 Å². The maximum absolute atomic E-state index is 9.77. The molecule has 0 unspecified atom stereocenters. The van der Waals surface area contributed by atoms with Crippen LogP contribution in [0.5, 0.6) is 0 Å². The van der Waals surface area contributed by atoms with Crippen LogP contribution in [0.3, 0.4) is 0 Å². The van der Waals surface area contributed by atoms with Crippen molar-refractivity contribution in [1.82, 2.24) is 0 Å². The monoisotopic (exact) mass is 214 g/mol. The Balaban J connectivity index is 0.000000262. The zero-order chi connectivity index (χ0) is 11.5. The third-order valence-electron chi connectivity index (χ3n) is 1.46. The number of ether oxygens (including phenoxy) is 2. The molecule has 1 aromatic heterocycles. The SMILES string of the molecule is CCOC(C)OCC.O=Cc1ccco1. The summed E-state index contributed by atoms with van der Waals surface area (Å²) in [5, 5.41) is 0. The highest BCUT2D eigenvalue weighted by Gasteiger charge is 1.94. The van der Waals surface area contributed by atoms with E-state index in [0.29, 0.717) is 12.0 Å². The summed E-state index contributed by atoms with van der Waals surface area (Å²) in [6.45, 7) is 7.25. The Hall–Kier alpha value is -1.13. The van der Waals surface area contributed by atoms with Gasteiger partial charge in [0.2, 0.25) is 0 Å². The minimum absolute atomic E-state index is 0.0370. The number of rotatable bonds is 5. The highest BCUT2D eigenvalue weighted by atomic mass is 16.7. The van der Waals surface area contributed by atoms with Gasteiger partial charge in [0.1, 0.15) is 0 Å². The predicted molar refractivity (Wildman–Crippen MR) is 56.8 cm³/mol. The summed E-state index contributed by atoms with van der Waals surface area (Å²) in [4.78, 5) is 9.77. The summed E-state index contributed by atoms with van der Waals surface area (Å²) in [5.74, 6) is 0.375. The van der Waals surface area contributed by atoms with Gasteiger partial charge in [-0.1, -0.05) is 0 Å². The Morgan fingerprint density at radius 2 is 2.00 bits per heavy atom. The summed E-state index contributed by atoms with van der Waals surface area (Å²) in [5.41, 5.74) is 0. The van der Waals surface area contributed by atoms with E-state index < -0.39 is 0 Å². The molecule has 4 nitrogen and oxygen atoms in total. The molecule has 0 aliphatic heterocycles. The van der Waals surface area contributed by atoms with Gasteiger partial charge in [-0.05, 0) is 32.9 Å². The quantitative estimate of drug-likeness (QED) is 0.558. The number of aldehydes is 1. The lowest BCUT2D eigenvalue weighted by atomic mass is 10.5. The van der Waals surface area contributed by atoms with Crippen molar-refractivity contribution in [3.63, 3.8) is 0 Å². The van der Waals surface area contributed by atoms with E-state index in [1.54, 1.807) is 12.1 Å². The van der Waals surface area contributed by atoms with E-state index in [-0.39, 0.29) is 6.29 Å². The Bertz CT molecular complexity index is 225. The third kappa shape index (κ3) is 7.90. The van der Waals surface area contributed by atoms with Crippen molar-refractivity contribution < 1.29 is 18.7 Å². The van der Waals surface area contributed by atoms with E-state index in [0.717, 1.165) is 13.2 Å². The maximum atomic E-state index is 9.77. The first-order valence-electron chi connectivity index (χ1n) is 4.96. The van der Waals surface area contributed by atoms with Crippen LogP contribution in [0.1, 0.15) is 31.3 Å². The van der Waals surface area contributed by atoms with Crippen molar-refractivity contribution in [2.45, 2.75) is 27.1 Å². The first kappa shape index (κ1) is 13.9. The highest BCUT2D eigenvalue weighted by Crippen LogP contribution is 1.92. The van der Waals surface area contributed by atoms with Gasteiger partial charge < -0.3 is 13.9 Å². The smallest absolute Gasteiger partial charge is 0.185 e. The molecule has 0 aliphatic carbocycles. The molecule has 86 valence electrons. The zero-order valence-electron chi connectivity index (χ0n) is 9.43. The molecule has 0 spiro atoms. The second kappa shape index (κ2) is 9.43. The molecule has 1 aromatic rings. The molecule has 0 aliphatic rings. The summed E-state index contributed by atoms with van der Waals surface area (Å²) < 4.78 is 14.7. The second-order valence-electron chi connectivity index (χ2n) is 2.61. The molecule has 1 rings (SSSR count). The largest absolute Gasteiger partial charge is 0.462 e. The van der Waals surface area contributed by atoms with Gasteiger partial charge in [0.15, 0.2) is 18.3 Å². The van der Waals surface area contributed by atoms with Gasteiger partial charge in [-0.15, -0.1) is 0 Å². The summed E-state index contributed by atoms with van der Waals surface area (Å²) >= 11 is 0. The molecule has 0 N–H and O–H groups in total. The van der Waals surface area contributed by atoms with E-state index in [1.165, 1.54) is 6.26 Å². The lowest BCUT2D eigenvalue weighted by Gasteiger charge is -2.09. The number of furan rings is 1. The molecule has 15 heavy (non-hydrogen) atoms. The molecule has 1 heterocycles. The number of hydrogen-bond donors (Lipinski definition) is 0. The van der Waals surface area contributed by atoms with Crippen LogP contribution in [0, 0.1) is 0 Å². The average Bonchev–Trinajstić information content (AvgIpc) is 2.72. The van der Waals surface area contributed by atoms with E-state index >= 15 is 0 Å². The minimum atomic E-state index is -0.0370. The molecule has 0 aromatic carbocycles. The Morgan fingerprint density at radius 1 is 1.40 bits per heavy atom. The fourth-order valence-corrected chi connectivity index (χ4v) is 0.876. The second-order valence-corrected chi connectivity index (χ2v) is 2.61. The maximum Gasteiger partial charge on any atom is 0.185 e. The molecule has 0 bridgehead atoms. The average molecular weight is 214 g/mol. The van der Waals surface area contributed by atoms with E-state index in [4.69, 9.17) is 9.47 Å². The molecule has 0 fully saturated rings. The minimum Gasteiger partial charge on any atom is -0.462 e.